The Morgan fingerprint density at radius 2 is 1.68 bits per heavy atom. The van der Waals surface area contributed by atoms with Crippen LogP contribution in [0.2, 0.25) is 0 Å². The summed E-state index contributed by atoms with van der Waals surface area (Å²) in [5.74, 6) is -0.728. The summed E-state index contributed by atoms with van der Waals surface area (Å²) < 4.78 is 16.8. The van der Waals surface area contributed by atoms with Crippen LogP contribution in [0.4, 0.5) is 15.8 Å². The molecule has 0 aromatic heterocycles. The Hall–Kier alpha value is -2.79. The third kappa shape index (κ3) is 4.61. The van der Waals surface area contributed by atoms with Crippen LogP contribution >= 0.6 is 11.9 Å². The molecule has 5 heteroatoms. The van der Waals surface area contributed by atoms with Gasteiger partial charge >= 0.3 is 0 Å². The monoisotopic (exact) mass is 352 g/mol. The number of halogens is 1. The quantitative estimate of drug-likeness (QED) is 0.595. The normalized spacial score (nSPS) is 10.3. The summed E-state index contributed by atoms with van der Waals surface area (Å²) in [6.07, 6.45) is 0. The number of amides is 1. The van der Waals surface area contributed by atoms with Crippen molar-refractivity contribution in [2.45, 2.75) is 11.8 Å². The SMILES string of the molecule is Cc1ccc(C(=O)Nc2cccc(NSc3ccccc3)c2)cc1F. The molecule has 0 heterocycles. The molecule has 0 fully saturated rings. The van der Waals surface area contributed by atoms with Crippen LogP contribution < -0.4 is 10.0 Å². The molecular formula is C20H17FN2OS. The lowest BCUT2D eigenvalue weighted by Crippen LogP contribution is -2.12. The van der Waals surface area contributed by atoms with Gasteiger partial charge in [-0.15, -0.1) is 0 Å². The zero-order valence-electron chi connectivity index (χ0n) is 13.6. The van der Waals surface area contributed by atoms with Crippen molar-refractivity contribution in [2.24, 2.45) is 0 Å². The van der Waals surface area contributed by atoms with Crippen LogP contribution in [0.15, 0.2) is 77.7 Å². The second-order valence-corrected chi connectivity index (χ2v) is 6.40. The van der Waals surface area contributed by atoms with Gasteiger partial charge in [0.25, 0.3) is 5.91 Å². The molecule has 0 atom stereocenters. The number of rotatable bonds is 5. The van der Waals surface area contributed by atoms with Crippen LogP contribution in [0.1, 0.15) is 15.9 Å². The number of hydrogen-bond donors (Lipinski definition) is 2. The lowest BCUT2D eigenvalue weighted by Gasteiger charge is -2.09. The molecule has 3 aromatic carbocycles. The Labute approximate surface area is 150 Å². The highest BCUT2D eigenvalue weighted by molar-refractivity contribution is 8.00. The molecule has 0 spiro atoms. The largest absolute Gasteiger partial charge is 0.326 e. The first-order valence-electron chi connectivity index (χ1n) is 7.77. The molecule has 0 saturated carbocycles. The third-order valence-corrected chi connectivity index (χ3v) is 4.43. The molecule has 0 radical (unpaired) electrons. The van der Waals surface area contributed by atoms with Crippen LogP contribution in [0.25, 0.3) is 0 Å². The van der Waals surface area contributed by atoms with Gasteiger partial charge in [-0.25, -0.2) is 4.39 Å². The van der Waals surface area contributed by atoms with Gasteiger partial charge in [0.1, 0.15) is 5.82 Å². The van der Waals surface area contributed by atoms with Gasteiger partial charge in [0, 0.05) is 21.8 Å². The van der Waals surface area contributed by atoms with E-state index in [0.29, 0.717) is 16.8 Å². The lowest BCUT2D eigenvalue weighted by molar-refractivity contribution is 0.102. The molecule has 25 heavy (non-hydrogen) atoms. The Morgan fingerprint density at radius 1 is 0.920 bits per heavy atom. The third-order valence-electron chi connectivity index (χ3n) is 3.58. The predicted molar refractivity (Wildman–Crippen MR) is 101 cm³/mol. The molecule has 1 amide bonds. The zero-order chi connectivity index (χ0) is 17.6. The zero-order valence-corrected chi connectivity index (χ0v) is 14.4. The van der Waals surface area contributed by atoms with Crippen molar-refractivity contribution >= 4 is 29.2 Å². The van der Waals surface area contributed by atoms with Gasteiger partial charge in [-0.05, 0) is 66.9 Å². The van der Waals surface area contributed by atoms with E-state index in [2.05, 4.69) is 10.0 Å². The predicted octanol–water partition coefficient (Wildman–Crippen LogP) is 5.51. The van der Waals surface area contributed by atoms with Crippen molar-refractivity contribution in [1.29, 1.82) is 0 Å². The van der Waals surface area contributed by atoms with Crippen LogP contribution in [0.5, 0.6) is 0 Å². The summed E-state index contributed by atoms with van der Waals surface area (Å²) in [6.45, 7) is 1.66. The molecule has 0 aliphatic carbocycles. The van der Waals surface area contributed by atoms with Crippen molar-refractivity contribution in [3.63, 3.8) is 0 Å². The van der Waals surface area contributed by atoms with Gasteiger partial charge in [0.2, 0.25) is 0 Å². The minimum atomic E-state index is -0.387. The summed E-state index contributed by atoms with van der Waals surface area (Å²) >= 11 is 1.49. The maximum Gasteiger partial charge on any atom is 0.255 e. The Kier molecular flexibility index (Phi) is 5.36. The van der Waals surface area contributed by atoms with Gasteiger partial charge < -0.3 is 10.0 Å². The average Bonchev–Trinajstić information content (AvgIpc) is 2.63. The van der Waals surface area contributed by atoms with Crippen molar-refractivity contribution in [1.82, 2.24) is 0 Å². The molecule has 2 N–H and O–H groups in total. The number of benzene rings is 3. The smallest absolute Gasteiger partial charge is 0.255 e. The first-order valence-corrected chi connectivity index (χ1v) is 8.59. The Bertz CT molecular complexity index is 884. The first kappa shape index (κ1) is 17.0. The molecule has 0 aliphatic heterocycles. The number of hydrogen-bond acceptors (Lipinski definition) is 3. The fourth-order valence-electron chi connectivity index (χ4n) is 2.20. The van der Waals surface area contributed by atoms with E-state index >= 15 is 0 Å². The minimum Gasteiger partial charge on any atom is -0.326 e. The van der Waals surface area contributed by atoms with E-state index in [1.807, 2.05) is 48.5 Å². The molecule has 0 saturated heterocycles. The van der Waals surface area contributed by atoms with Gasteiger partial charge in [-0.3, -0.25) is 4.79 Å². The van der Waals surface area contributed by atoms with Crippen molar-refractivity contribution in [3.05, 3.63) is 89.7 Å². The summed E-state index contributed by atoms with van der Waals surface area (Å²) in [7, 11) is 0. The van der Waals surface area contributed by atoms with E-state index in [1.165, 1.54) is 18.0 Å². The van der Waals surface area contributed by atoms with E-state index in [0.717, 1.165) is 10.6 Å². The highest BCUT2D eigenvalue weighted by Crippen LogP contribution is 2.23. The van der Waals surface area contributed by atoms with Gasteiger partial charge in [0.05, 0.1) is 0 Å². The van der Waals surface area contributed by atoms with Crippen molar-refractivity contribution in [2.75, 3.05) is 10.0 Å². The summed E-state index contributed by atoms with van der Waals surface area (Å²) in [5.41, 5.74) is 2.31. The molecule has 3 nitrogen and oxygen atoms in total. The molecular weight excluding hydrogens is 335 g/mol. The topological polar surface area (TPSA) is 41.1 Å². The molecule has 0 unspecified atom stereocenters. The first-order chi connectivity index (χ1) is 12.1. The van der Waals surface area contributed by atoms with Crippen LogP contribution in [0, 0.1) is 12.7 Å². The maximum atomic E-state index is 13.6. The standard InChI is InChI=1S/C20H17FN2OS/c1-14-10-11-15(12-19(14)21)20(24)22-16-6-5-7-17(13-16)23-25-18-8-3-2-4-9-18/h2-13,23H,1H3,(H,22,24). The fourth-order valence-corrected chi connectivity index (χ4v) is 2.86. The van der Waals surface area contributed by atoms with Crippen molar-refractivity contribution < 1.29 is 9.18 Å². The molecule has 3 rings (SSSR count). The molecule has 0 bridgehead atoms. The Morgan fingerprint density at radius 3 is 2.44 bits per heavy atom. The van der Waals surface area contributed by atoms with Gasteiger partial charge in [-0.2, -0.15) is 0 Å². The van der Waals surface area contributed by atoms with Crippen LogP contribution in [-0.4, -0.2) is 5.91 Å². The van der Waals surface area contributed by atoms with Crippen LogP contribution in [-0.2, 0) is 0 Å². The second kappa shape index (κ2) is 7.85. The number of carbonyl (C=O) groups is 1. The number of aryl methyl sites for hydroxylation is 1. The molecule has 3 aromatic rings. The second-order valence-electron chi connectivity index (χ2n) is 5.52. The number of nitrogens with one attached hydrogen (secondary N) is 2. The summed E-state index contributed by atoms with van der Waals surface area (Å²) in [5, 5.41) is 2.79. The van der Waals surface area contributed by atoms with Gasteiger partial charge in [-0.1, -0.05) is 30.3 Å². The highest BCUT2D eigenvalue weighted by atomic mass is 32.2. The molecule has 126 valence electrons. The van der Waals surface area contributed by atoms with E-state index in [-0.39, 0.29) is 11.7 Å². The number of anilines is 2. The maximum absolute atomic E-state index is 13.6. The fraction of sp³-hybridized carbons (Fsp3) is 0.0500. The van der Waals surface area contributed by atoms with E-state index in [4.69, 9.17) is 0 Å². The van der Waals surface area contributed by atoms with E-state index in [1.54, 1.807) is 25.1 Å². The van der Waals surface area contributed by atoms with Gasteiger partial charge in [0.15, 0.2) is 0 Å². The average molecular weight is 352 g/mol. The Balaban J connectivity index is 1.66. The molecule has 0 aliphatic rings. The summed E-state index contributed by atoms with van der Waals surface area (Å²) in [4.78, 5) is 13.4. The van der Waals surface area contributed by atoms with E-state index < -0.39 is 0 Å². The highest BCUT2D eigenvalue weighted by Gasteiger charge is 2.09. The lowest BCUT2D eigenvalue weighted by atomic mass is 10.1. The number of carbonyl (C=O) groups excluding carboxylic acids is 1. The van der Waals surface area contributed by atoms with E-state index in [9.17, 15) is 9.18 Å². The van der Waals surface area contributed by atoms with Crippen LogP contribution in [0.3, 0.4) is 0 Å². The van der Waals surface area contributed by atoms with Crippen molar-refractivity contribution in [3.8, 4) is 0 Å². The minimum absolute atomic E-state index is 0.292. The summed E-state index contributed by atoms with van der Waals surface area (Å²) in [6, 6.07) is 21.8.